The highest BCUT2D eigenvalue weighted by Gasteiger charge is 2.17. The van der Waals surface area contributed by atoms with Crippen molar-refractivity contribution in [3.63, 3.8) is 0 Å². The van der Waals surface area contributed by atoms with Crippen LogP contribution in [0.1, 0.15) is 17.7 Å². The molecule has 94 valence electrons. The highest BCUT2D eigenvalue weighted by molar-refractivity contribution is 5.35. The maximum atomic E-state index is 5.73. The molecule has 0 saturated carbocycles. The van der Waals surface area contributed by atoms with Gasteiger partial charge in [0.05, 0.1) is 12.2 Å². The van der Waals surface area contributed by atoms with Crippen LogP contribution in [0.2, 0.25) is 0 Å². The van der Waals surface area contributed by atoms with Crippen molar-refractivity contribution < 1.29 is 0 Å². The van der Waals surface area contributed by atoms with Crippen molar-refractivity contribution in [2.75, 3.05) is 17.2 Å². The Bertz CT molecular complexity index is 544. The minimum Gasteiger partial charge on any atom is -0.382 e. The summed E-state index contributed by atoms with van der Waals surface area (Å²) in [5.41, 5.74) is 7.92. The Balaban J connectivity index is 1.88. The molecule has 0 aromatic carbocycles. The topological polar surface area (TPSA) is 72.9 Å². The lowest BCUT2D eigenvalue weighted by atomic mass is 10.3. The molecule has 0 bridgehead atoms. The van der Waals surface area contributed by atoms with Gasteiger partial charge in [0.1, 0.15) is 5.82 Å². The van der Waals surface area contributed by atoms with Gasteiger partial charge in [-0.05, 0) is 18.9 Å². The molecular weight excluding hydrogens is 228 g/mol. The molecular formula is C12H16N6. The standard InChI is InChI=1S/C12H16N6/c1-9-6-14-12(15-7-9)17-3-2-4-18-10(8-17)5-11(13)16-18/h5-7H,2-4,8H2,1H3,(H2,13,16). The van der Waals surface area contributed by atoms with Crippen LogP contribution < -0.4 is 10.6 Å². The molecule has 3 heterocycles. The second kappa shape index (κ2) is 4.29. The summed E-state index contributed by atoms with van der Waals surface area (Å²) in [7, 11) is 0. The van der Waals surface area contributed by atoms with Gasteiger partial charge in [-0.25, -0.2) is 9.97 Å². The maximum Gasteiger partial charge on any atom is 0.225 e. The fourth-order valence-corrected chi connectivity index (χ4v) is 2.20. The number of aromatic nitrogens is 4. The Morgan fingerprint density at radius 2 is 2.00 bits per heavy atom. The molecule has 1 aliphatic heterocycles. The molecule has 2 aromatic rings. The molecule has 6 heteroatoms. The van der Waals surface area contributed by atoms with Crippen LogP contribution in [0.15, 0.2) is 18.5 Å². The molecule has 0 amide bonds. The second-order valence-electron chi connectivity index (χ2n) is 4.62. The van der Waals surface area contributed by atoms with Gasteiger partial charge >= 0.3 is 0 Å². The van der Waals surface area contributed by atoms with Crippen LogP contribution in [0.25, 0.3) is 0 Å². The normalized spacial score (nSPS) is 15.3. The number of nitrogens with zero attached hydrogens (tertiary/aromatic N) is 5. The third-order valence-electron chi connectivity index (χ3n) is 3.08. The fraction of sp³-hybridized carbons (Fsp3) is 0.417. The summed E-state index contributed by atoms with van der Waals surface area (Å²) in [6.45, 7) is 4.58. The average Bonchev–Trinajstić information content (AvgIpc) is 2.58. The van der Waals surface area contributed by atoms with E-state index in [1.807, 2.05) is 30.1 Å². The van der Waals surface area contributed by atoms with Gasteiger partial charge in [-0.15, -0.1) is 0 Å². The largest absolute Gasteiger partial charge is 0.382 e. The Labute approximate surface area is 105 Å². The fourth-order valence-electron chi connectivity index (χ4n) is 2.20. The molecule has 0 fully saturated rings. The number of fused-ring (bicyclic) bond motifs is 1. The number of aryl methyl sites for hydroxylation is 2. The Hall–Kier alpha value is -2.11. The van der Waals surface area contributed by atoms with Gasteiger partial charge in [0.15, 0.2) is 0 Å². The first kappa shape index (κ1) is 11.0. The van der Waals surface area contributed by atoms with Crippen molar-refractivity contribution in [1.82, 2.24) is 19.7 Å². The zero-order valence-corrected chi connectivity index (χ0v) is 10.4. The Morgan fingerprint density at radius 3 is 2.78 bits per heavy atom. The van der Waals surface area contributed by atoms with E-state index in [2.05, 4.69) is 20.0 Å². The zero-order chi connectivity index (χ0) is 12.5. The molecule has 0 saturated heterocycles. The molecule has 6 nitrogen and oxygen atoms in total. The number of nitrogens with two attached hydrogens (primary N) is 1. The van der Waals surface area contributed by atoms with E-state index < -0.39 is 0 Å². The third-order valence-corrected chi connectivity index (χ3v) is 3.08. The number of nitrogen functional groups attached to an aromatic ring is 1. The first-order chi connectivity index (χ1) is 8.72. The molecule has 3 rings (SSSR count). The van der Waals surface area contributed by atoms with Gasteiger partial charge in [0.2, 0.25) is 5.95 Å². The van der Waals surface area contributed by atoms with E-state index in [-0.39, 0.29) is 0 Å². The molecule has 0 atom stereocenters. The van der Waals surface area contributed by atoms with Gasteiger partial charge < -0.3 is 10.6 Å². The second-order valence-corrected chi connectivity index (χ2v) is 4.62. The van der Waals surface area contributed by atoms with Gasteiger partial charge in [-0.3, -0.25) is 4.68 Å². The molecule has 0 aliphatic carbocycles. The summed E-state index contributed by atoms with van der Waals surface area (Å²) in [6.07, 6.45) is 4.71. The summed E-state index contributed by atoms with van der Waals surface area (Å²) in [6, 6.07) is 1.92. The summed E-state index contributed by atoms with van der Waals surface area (Å²) in [5, 5.41) is 4.28. The van der Waals surface area contributed by atoms with Gasteiger partial charge in [-0.1, -0.05) is 0 Å². The SMILES string of the molecule is Cc1cnc(N2CCCn3nc(N)cc3C2)nc1. The lowest BCUT2D eigenvalue weighted by Gasteiger charge is -2.19. The highest BCUT2D eigenvalue weighted by atomic mass is 15.3. The van der Waals surface area contributed by atoms with E-state index in [1.54, 1.807) is 0 Å². The molecule has 0 spiro atoms. The third kappa shape index (κ3) is 2.01. The molecule has 0 unspecified atom stereocenters. The highest BCUT2D eigenvalue weighted by Crippen LogP contribution is 2.18. The van der Waals surface area contributed by atoms with Gasteiger partial charge in [0.25, 0.3) is 0 Å². The number of rotatable bonds is 1. The predicted octanol–water partition coefficient (Wildman–Crippen LogP) is 0.974. The van der Waals surface area contributed by atoms with Crippen molar-refractivity contribution in [2.24, 2.45) is 0 Å². The van der Waals surface area contributed by atoms with E-state index in [0.29, 0.717) is 5.82 Å². The monoisotopic (exact) mass is 244 g/mol. The predicted molar refractivity (Wildman–Crippen MR) is 69.1 cm³/mol. The Morgan fingerprint density at radius 1 is 1.22 bits per heavy atom. The Kier molecular flexibility index (Phi) is 2.62. The zero-order valence-electron chi connectivity index (χ0n) is 10.4. The number of anilines is 2. The average molecular weight is 244 g/mol. The van der Waals surface area contributed by atoms with Crippen LogP contribution >= 0.6 is 0 Å². The lowest BCUT2D eigenvalue weighted by Crippen LogP contribution is -2.24. The molecule has 2 N–H and O–H groups in total. The summed E-state index contributed by atoms with van der Waals surface area (Å²) in [4.78, 5) is 10.9. The van der Waals surface area contributed by atoms with Crippen LogP contribution in [-0.2, 0) is 13.1 Å². The minimum absolute atomic E-state index is 0.580. The first-order valence-corrected chi connectivity index (χ1v) is 6.08. The molecule has 0 radical (unpaired) electrons. The van der Waals surface area contributed by atoms with Crippen molar-refractivity contribution >= 4 is 11.8 Å². The lowest BCUT2D eigenvalue weighted by molar-refractivity contribution is 0.593. The maximum absolute atomic E-state index is 5.73. The van der Waals surface area contributed by atoms with Crippen LogP contribution in [-0.4, -0.2) is 26.3 Å². The van der Waals surface area contributed by atoms with Crippen LogP contribution in [0, 0.1) is 6.92 Å². The van der Waals surface area contributed by atoms with E-state index in [9.17, 15) is 0 Å². The van der Waals surface area contributed by atoms with Crippen LogP contribution in [0.3, 0.4) is 0 Å². The van der Waals surface area contributed by atoms with E-state index in [1.165, 1.54) is 0 Å². The van der Waals surface area contributed by atoms with E-state index in [0.717, 1.165) is 43.3 Å². The molecule has 18 heavy (non-hydrogen) atoms. The first-order valence-electron chi connectivity index (χ1n) is 6.08. The van der Waals surface area contributed by atoms with Gasteiger partial charge in [-0.2, -0.15) is 5.10 Å². The van der Waals surface area contributed by atoms with Crippen molar-refractivity contribution in [3.8, 4) is 0 Å². The number of hydrogen-bond donors (Lipinski definition) is 1. The number of hydrogen-bond acceptors (Lipinski definition) is 5. The van der Waals surface area contributed by atoms with Gasteiger partial charge in [0, 0.05) is 31.5 Å². The quantitative estimate of drug-likeness (QED) is 0.809. The van der Waals surface area contributed by atoms with Crippen molar-refractivity contribution in [1.29, 1.82) is 0 Å². The molecule has 2 aromatic heterocycles. The summed E-state index contributed by atoms with van der Waals surface area (Å²) < 4.78 is 1.98. The van der Waals surface area contributed by atoms with Crippen molar-refractivity contribution in [2.45, 2.75) is 26.4 Å². The van der Waals surface area contributed by atoms with Crippen molar-refractivity contribution in [3.05, 3.63) is 29.7 Å². The molecule has 1 aliphatic rings. The summed E-state index contributed by atoms with van der Waals surface area (Å²) >= 11 is 0. The summed E-state index contributed by atoms with van der Waals surface area (Å²) in [5.74, 6) is 1.35. The smallest absolute Gasteiger partial charge is 0.225 e. The minimum atomic E-state index is 0.580. The van der Waals surface area contributed by atoms with E-state index in [4.69, 9.17) is 5.73 Å². The van der Waals surface area contributed by atoms with Crippen LogP contribution in [0.4, 0.5) is 11.8 Å². The van der Waals surface area contributed by atoms with Crippen LogP contribution in [0.5, 0.6) is 0 Å². The van der Waals surface area contributed by atoms with E-state index >= 15 is 0 Å².